The first-order chi connectivity index (χ1) is 10.7. The van der Waals surface area contributed by atoms with Crippen LogP contribution in [0.3, 0.4) is 0 Å². The molecule has 0 unspecified atom stereocenters. The maximum Gasteiger partial charge on any atom is 0.128 e. The van der Waals surface area contributed by atoms with Crippen LogP contribution in [-0.2, 0) is 0 Å². The van der Waals surface area contributed by atoms with Crippen LogP contribution in [0.2, 0.25) is 0 Å². The topological polar surface area (TPSA) is 95.2 Å². The van der Waals surface area contributed by atoms with Crippen molar-refractivity contribution in [1.29, 1.82) is 21.0 Å². The Hall–Kier alpha value is -2.56. The van der Waals surface area contributed by atoms with Gasteiger partial charge < -0.3 is 0 Å². The Morgan fingerprint density at radius 3 is 1.09 bits per heavy atom. The molecule has 0 heterocycles. The lowest BCUT2D eigenvalue weighted by Crippen LogP contribution is -2.22. The number of allylic oxidation sites excluding steroid dienone is 4. The SMILES string of the molecule is N#CC(C#N)=C1CCC(C2CCC(=C(C#N)C#N)CC2)CC1. The summed E-state index contributed by atoms with van der Waals surface area (Å²) >= 11 is 0. The molecule has 0 spiro atoms. The van der Waals surface area contributed by atoms with E-state index >= 15 is 0 Å². The molecule has 4 nitrogen and oxygen atoms in total. The minimum atomic E-state index is 0.306. The Balaban J connectivity index is 1.94. The summed E-state index contributed by atoms with van der Waals surface area (Å²) in [6.07, 6.45) is 7.66. The van der Waals surface area contributed by atoms with Crippen molar-refractivity contribution in [3.63, 3.8) is 0 Å². The van der Waals surface area contributed by atoms with Crippen LogP contribution >= 0.6 is 0 Å². The van der Waals surface area contributed by atoms with Gasteiger partial charge >= 0.3 is 0 Å². The van der Waals surface area contributed by atoms with Crippen molar-refractivity contribution in [2.75, 3.05) is 0 Å². The molecule has 0 atom stereocenters. The van der Waals surface area contributed by atoms with Gasteiger partial charge in [0.05, 0.1) is 0 Å². The predicted octanol–water partition coefficient (Wildman–Crippen LogP) is 4.05. The molecule has 0 radical (unpaired) electrons. The smallest absolute Gasteiger partial charge is 0.128 e. The van der Waals surface area contributed by atoms with Crippen LogP contribution in [0.25, 0.3) is 0 Å². The number of rotatable bonds is 1. The van der Waals surface area contributed by atoms with Gasteiger partial charge in [-0.3, -0.25) is 0 Å². The van der Waals surface area contributed by atoms with Gasteiger partial charge in [-0.1, -0.05) is 0 Å². The second kappa shape index (κ2) is 7.45. The molecule has 0 aromatic heterocycles. The zero-order valence-electron chi connectivity index (χ0n) is 12.6. The minimum absolute atomic E-state index is 0.306. The number of hydrogen-bond acceptors (Lipinski definition) is 4. The van der Waals surface area contributed by atoms with Crippen LogP contribution in [0.5, 0.6) is 0 Å². The van der Waals surface area contributed by atoms with E-state index in [9.17, 15) is 0 Å². The summed E-state index contributed by atoms with van der Waals surface area (Å²) in [5.74, 6) is 1.30. The van der Waals surface area contributed by atoms with Crippen molar-refractivity contribution in [2.24, 2.45) is 11.8 Å². The molecule has 0 bridgehead atoms. The highest BCUT2D eigenvalue weighted by Crippen LogP contribution is 2.42. The lowest BCUT2D eigenvalue weighted by Gasteiger charge is -2.34. The summed E-state index contributed by atoms with van der Waals surface area (Å²) in [5.41, 5.74) is 2.66. The van der Waals surface area contributed by atoms with E-state index in [2.05, 4.69) is 0 Å². The first-order valence-electron chi connectivity index (χ1n) is 7.77. The van der Waals surface area contributed by atoms with Gasteiger partial charge in [0.15, 0.2) is 0 Å². The van der Waals surface area contributed by atoms with E-state index in [1.54, 1.807) is 0 Å². The molecular weight excluding hydrogens is 272 g/mol. The van der Waals surface area contributed by atoms with Crippen LogP contribution in [0.15, 0.2) is 22.3 Å². The number of hydrogen-bond donors (Lipinski definition) is 0. The largest absolute Gasteiger partial charge is 0.192 e. The number of nitriles is 4. The zero-order chi connectivity index (χ0) is 15.9. The van der Waals surface area contributed by atoms with Gasteiger partial charge in [-0.2, -0.15) is 21.0 Å². The molecule has 2 aliphatic rings. The molecule has 2 rings (SSSR count). The first-order valence-corrected chi connectivity index (χ1v) is 7.77. The molecule has 2 fully saturated rings. The fourth-order valence-electron chi connectivity index (χ4n) is 3.79. The molecule has 0 saturated heterocycles. The highest BCUT2D eigenvalue weighted by Gasteiger charge is 2.29. The van der Waals surface area contributed by atoms with Crippen molar-refractivity contribution in [2.45, 2.75) is 51.4 Å². The van der Waals surface area contributed by atoms with Gasteiger partial charge in [0.1, 0.15) is 35.4 Å². The molecule has 0 amide bonds. The third-order valence-corrected chi connectivity index (χ3v) is 5.09. The summed E-state index contributed by atoms with van der Waals surface area (Å²) < 4.78 is 0. The summed E-state index contributed by atoms with van der Waals surface area (Å²) in [6.45, 7) is 0. The van der Waals surface area contributed by atoms with Gasteiger partial charge in [-0.05, 0) is 74.3 Å². The molecule has 0 aromatic carbocycles. The average molecular weight is 290 g/mol. The highest BCUT2D eigenvalue weighted by molar-refractivity contribution is 5.41. The fourth-order valence-corrected chi connectivity index (χ4v) is 3.79. The maximum absolute atomic E-state index is 8.93. The van der Waals surface area contributed by atoms with Crippen LogP contribution in [0.4, 0.5) is 0 Å². The molecule has 110 valence electrons. The third-order valence-electron chi connectivity index (χ3n) is 5.09. The second-order valence-electron chi connectivity index (χ2n) is 6.08. The third kappa shape index (κ3) is 3.36. The van der Waals surface area contributed by atoms with Crippen LogP contribution in [0, 0.1) is 57.2 Å². The predicted molar refractivity (Wildman–Crippen MR) is 80.4 cm³/mol. The molecule has 0 aromatic rings. The van der Waals surface area contributed by atoms with E-state index in [0.717, 1.165) is 62.5 Å². The van der Waals surface area contributed by atoms with Crippen molar-refractivity contribution >= 4 is 0 Å². The number of nitrogens with zero attached hydrogens (tertiary/aromatic N) is 4. The lowest BCUT2D eigenvalue weighted by molar-refractivity contribution is 0.230. The van der Waals surface area contributed by atoms with E-state index in [-0.39, 0.29) is 0 Å². The van der Waals surface area contributed by atoms with E-state index < -0.39 is 0 Å². The van der Waals surface area contributed by atoms with Gasteiger partial charge in [-0.15, -0.1) is 0 Å². The van der Waals surface area contributed by atoms with Crippen molar-refractivity contribution in [3.8, 4) is 24.3 Å². The van der Waals surface area contributed by atoms with Gasteiger partial charge in [0.25, 0.3) is 0 Å². The average Bonchev–Trinajstić information content (AvgIpc) is 2.58. The Morgan fingerprint density at radius 1 is 0.591 bits per heavy atom. The summed E-state index contributed by atoms with van der Waals surface area (Å²) in [7, 11) is 0. The molecule has 0 N–H and O–H groups in total. The van der Waals surface area contributed by atoms with E-state index in [4.69, 9.17) is 21.0 Å². The molecule has 2 saturated carbocycles. The summed E-state index contributed by atoms with van der Waals surface area (Å²) in [5, 5.41) is 35.7. The van der Waals surface area contributed by atoms with Crippen LogP contribution in [-0.4, -0.2) is 0 Å². The van der Waals surface area contributed by atoms with Crippen molar-refractivity contribution < 1.29 is 0 Å². The van der Waals surface area contributed by atoms with Crippen LogP contribution in [0.1, 0.15) is 51.4 Å². The van der Waals surface area contributed by atoms with E-state index in [1.807, 2.05) is 24.3 Å². The molecule has 0 aliphatic heterocycles. The van der Waals surface area contributed by atoms with E-state index in [0.29, 0.717) is 23.0 Å². The molecular formula is C18H18N4. The van der Waals surface area contributed by atoms with Crippen LogP contribution < -0.4 is 0 Å². The summed E-state index contributed by atoms with van der Waals surface area (Å²) in [4.78, 5) is 0. The highest BCUT2D eigenvalue weighted by atomic mass is 14.4. The second-order valence-corrected chi connectivity index (χ2v) is 6.08. The monoisotopic (exact) mass is 290 g/mol. The fraction of sp³-hybridized carbons (Fsp3) is 0.556. The zero-order valence-corrected chi connectivity index (χ0v) is 12.6. The quantitative estimate of drug-likeness (QED) is 0.680. The Kier molecular flexibility index (Phi) is 5.36. The maximum atomic E-state index is 8.93. The lowest BCUT2D eigenvalue weighted by atomic mass is 9.70. The first kappa shape index (κ1) is 15.8. The van der Waals surface area contributed by atoms with Gasteiger partial charge in [0, 0.05) is 0 Å². The summed E-state index contributed by atoms with van der Waals surface area (Å²) in [6, 6.07) is 7.99. The Labute approximate surface area is 131 Å². The molecule has 22 heavy (non-hydrogen) atoms. The van der Waals surface area contributed by atoms with Crippen molar-refractivity contribution in [1.82, 2.24) is 0 Å². The van der Waals surface area contributed by atoms with Crippen molar-refractivity contribution in [3.05, 3.63) is 22.3 Å². The Morgan fingerprint density at radius 2 is 0.864 bits per heavy atom. The Bertz CT molecular complexity index is 558. The molecule has 4 heteroatoms. The minimum Gasteiger partial charge on any atom is -0.192 e. The van der Waals surface area contributed by atoms with Gasteiger partial charge in [-0.25, -0.2) is 0 Å². The normalized spacial score (nSPS) is 24.4. The van der Waals surface area contributed by atoms with E-state index in [1.165, 1.54) is 0 Å². The molecule has 2 aliphatic carbocycles. The standard InChI is InChI=1S/C18H18N4/c19-9-17(10-20)15-5-1-13(2-6-15)14-3-7-16(8-4-14)18(11-21)12-22/h13-14H,1-8H2. The van der Waals surface area contributed by atoms with Gasteiger partial charge in [0.2, 0.25) is 0 Å².